The molecule has 0 N–H and O–H groups in total. The molecule has 1 aliphatic rings. The van der Waals surface area contributed by atoms with E-state index < -0.39 is 8.80 Å². The van der Waals surface area contributed by atoms with Crippen molar-refractivity contribution in [3.8, 4) is 22.3 Å². The Morgan fingerprint density at radius 3 is 1.75 bits per heavy atom. The van der Waals surface area contributed by atoms with E-state index in [2.05, 4.69) is 166 Å². The average Bonchev–Trinajstić information content (AvgIpc) is 3.52. The van der Waals surface area contributed by atoms with Gasteiger partial charge in [0.2, 0.25) is 0 Å². The molecule has 0 saturated heterocycles. The maximum atomic E-state index is 2.50. The summed E-state index contributed by atoms with van der Waals surface area (Å²) in [7, 11) is -0.712. The van der Waals surface area contributed by atoms with Crippen molar-refractivity contribution in [3.63, 3.8) is 0 Å². The molecule has 0 amide bonds. The molecule has 5 aromatic rings. The minimum absolute atomic E-state index is 0. The first-order valence-electron chi connectivity index (χ1n) is 16.8. The number of benzene rings is 4. The molecule has 251 valence electrons. The Kier molecular flexibility index (Phi) is 12.6. The molecule has 0 saturated carbocycles. The first-order valence-corrected chi connectivity index (χ1v) is 19.3. The largest absolute Gasteiger partial charge is 1.00 e. The van der Waals surface area contributed by atoms with Gasteiger partial charge in [-0.3, -0.25) is 0 Å². The first kappa shape index (κ1) is 40.3. The van der Waals surface area contributed by atoms with E-state index in [9.17, 15) is 0 Å². The van der Waals surface area contributed by atoms with E-state index >= 15 is 0 Å². The molecule has 0 bridgehead atoms. The van der Waals surface area contributed by atoms with Gasteiger partial charge in [-0.25, -0.2) is 0 Å². The molecular weight excluding hydrogens is 806 g/mol. The van der Waals surface area contributed by atoms with Crippen LogP contribution in [0.4, 0.5) is 0 Å². The second kappa shape index (κ2) is 15.0. The molecule has 0 heterocycles. The van der Waals surface area contributed by atoms with Crippen LogP contribution < -0.4 is 30.0 Å². The van der Waals surface area contributed by atoms with Gasteiger partial charge in [0.05, 0.1) is 8.80 Å². The number of hydrogen-bond donors (Lipinski definition) is 0. The molecule has 1 aliphatic carbocycles. The van der Waals surface area contributed by atoms with Crippen LogP contribution in [0, 0.1) is 0 Å². The fourth-order valence-electron chi connectivity index (χ4n) is 7.40. The van der Waals surface area contributed by atoms with Crippen LogP contribution in [0.2, 0.25) is 13.1 Å². The normalized spacial score (nSPS) is 14.4. The monoisotopic (exact) mass is 856 g/mol. The number of allylic oxidation sites excluding steroid dienone is 1. The molecule has 6 rings (SSSR count). The molecule has 1 radical (unpaired) electrons. The second-order valence-corrected chi connectivity index (χ2v) is 18.4. The molecule has 5 aromatic carbocycles. The van der Waals surface area contributed by atoms with E-state index in [-0.39, 0.29) is 67.4 Å². The molecule has 1 atom stereocenters. The summed E-state index contributed by atoms with van der Waals surface area (Å²) >= 11 is 0. The number of rotatable bonds is 5. The van der Waals surface area contributed by atoms with Crippen LogP contribution >= 0.6 is 0 Å². The van der Waals surface area contributed by atoms with Gasteiger partial charge in [-0.15, -0.1) is 40.1 Å². The van der Waals surface area contributed by atoms with Gasteiger partial charge in [-0.05, 0) is 68.5 Å². The molecular formula is C44H50Cl2HfSi-3. The zero-order valence-electron chi connectivity index (χ0n) is 30.6. The van der Waals surface area contributed by atoms with E-state index in [1.165, 1.54) is 77.2 Å². The molecule has 0 aliphatic heterocycles. The van der Waals surface area contributed by atoms with Crippen LogP contribution in [-0.2, 0) is 36.7 Å². The number of halogens is 2. The molecule has 48 heavy (non-hydrogen) atoms. The minimum atomic E-state index is -0.712. The zero-order valence-corrected chi connectivity index (χ0v) is 36.7. The van der Waals surface area contributed by atoms with Crippen molar-refractivity contribution in [1.29, 1.82) is 0 Å². The zero-order chi connectivity index (χ0) is 32.4. The third-order valence-corrected chi connectivity index (χ3v) is 11.5. The van der Waals surface area contributed by atoms with Gasteiger partial charge in [-0.2, -0.15) is 0 Å². The van der Waals surface area contributed by atoms with Gasteiger partial charge in [0.15, 0.2) is 0 Å². The SMILES string of the molecule is CC1=Cc2c(-c3ccc(C(C)(C)C)cc3)cccc2C1c1c(C(C)C)[cH-]c2ccc([Si](C)C)c(-c3ccc(C(C)(C)C)cc3)c12.[Cl-].[Cl-].[Hf]. The Labute approximate surface area is 323 Å². The third kappa shape index (κ3) is 7.34. The second-order valence-electron chi connectivity index (χ2n) is 15.9. The summed E-state index contributed by atoms with van der Waals surface area (Å²) in [6.45, 7) is 25.7. The van der Waals surface area contributed by atoms with E-state index in [0.717, 1.165) is 0 Å². The summed E-state index contributed by atoms with van der Waals surface area (Å²) in [5.41, 5.74) is 15.8. The molecule has 4 heteroatoms. The fraction of sp³-hybridized carbons (Fsp3) is 0.341. The average molecular weight is 856 g/mol. The third-order valence-electron chi connectivity index (χ3n) is 9.96. The van der Waals surface area contributed by atoms with Crippen molar-refractivity contribution in [2.75, 3.05) is 0 Å². The van der Waals surface area contributed by atoms with Gasteiger partial charge in [0.1, 0.15) is 0 Å². The standard InChI is InChI=1S/C44H50Si.2ClH.Hf/c1-27(2)36-26-31-19-24-38(45(10)11)40(30-17-22-33(23-18-30)44(7,8)9)41(31)42(36)39-28(3)25-37-34(13-12-14-35(37)39)29-15-20-32(21-16-29)43(4,5)6;;;/h12-27,39H,1-11H3;2*1H;/q-1;;;/p-2. The van der Waals surface area contributed by atoms with Crippen molar-refractivity contribution in [3.05, 3.63) is 124 Å². The van der Waals surface area contributed by atoms with E-state index in [1.54, 1.807) is 0 Å². The Hall–Kier alpha value is -2.10. The summed E-state index contributed by atoms with van der Waals surface area (Å²) in [5.74, 6) is 0.681. The molecule has 0 aromatic heterocycles. The topological polar surface area (TPSA) is 0 Å². The molecule has 0 fully saturated rings. The number of hydrogen-bond acceptors (Lipinski definition) is 0. The van der Waals surface area contributed by atoms with Crippen LogP contribution in [0.3, 0.4) is 0 Å². The summed E-state index contributed by atoms with van der Waals surface area (Å²) in [6, 6.07) is 33.1. The van der Waals surface area contributed by atoms with Gasteiger partial charge in [-0.1, -0.05) is 158 Å². The van der Waals surface area contributed by atoms with Crippen molar-refractivity contribution in [2.24, 2.45) is 0 Å². The molecule has 0 nitrogen and oxygen atoms in total. The Bertz CT molecular complexity index is 1910. The van der Waals surface area contributed by atoms with Crippen molar-refractivity contribution in [2.45, 2.75) is 98.1 Å². The van der Waals surface area contributed by atoms with E-state index in [1.807, 2.05) is 0 Å². The predicted octanol–water partition coefficient (Wildman–Crippen LogP) is 6.13. The van der Waals surface area contributed by atoms with E-state index in [4.69, 9.17) is 0 Å². The predicted molar refractivity (Wildman–Crippen MR) is 201 cm³/mol. The summed E-state index contributed by atoms with van der Waals surface area (Å²) in [6.07, 6.45) is 2.48. The van der Waals surface area contributed by atoms with Crippen LogP contribution in [0.15, 0.2) is 90.5 Å². The first-order chi connectivity index (χ1) is 21.2. The molecule has 0 spiro atoms. The van der Waals surface area contributed by atoms with Gasteiger partial charge < -0.3 is 24.8 Å². The van der Waals surface area contributed by atoms with Crippen LogP contribution in [0.25, 0.3) is 39.1 Å². The Morgan fingerprint density at radius 1 is 0.708 bits per heavy atom. The van der Waals surface area contributed by atoms with Gasteiger partial charge in [0.25, 0.3) is 0 Å². The summed E-state index contributed by atoms with van der Waals surface area (Å²) in [5, 5.41) is 4.38. The Morgan fingerprint density at radius 2 is 1.25 bits per heavy atom. The minimum Gasteiger partial charge on any atom is -1.00 e. The van der Waals surface area contributed by atoms with Crippen LogP contribution in [0.5, 0.6) is 0 Å². The summed E-state index contributed by atoms with van der Waals surface area (Å²) < 4.78 is 0. The van der Waals surface area contributed by atoms with Crippen molar-refractivity contribution in [1.82, 2.24) is 0 Å². The maximum Gasteiger partial charge on any atom is 0.0778 e. The Balaban J connectivity index is 0.00000208. The fourth-order valence-corrected chi connectivity index (χ4v) is 8.58. The van der Waals surface area contributed by atoms with Gasteiger partial charge >= 0.3 is 0 Å². The smallest absolute Gasteiger partial charge is 0.0778 e. The quantitative estimate of drug-likeness (QED) is 0.148. The number of fused-ring (bicyclic) bond motifs is 2. The summed E-state index contributed by atoms with van der Waals surface area (Å²) in [4.78, 5) is 0. The molecule has 1 unspecified atom stereocenters. The van der Waals surface area contributed by atoms with Gasteiger partial charge in [0, 0.05) is 25.8 Å². The van der Waals surface area contributed by atoms with Crippen molar-refractivity contribution >= 4 is 30.8 Å². The van der Waals surface area contributed by atoms with Crippen molar-refractivity contribution < 1.29 is 50.7 Å². The van der Waals surface area contributed by atoms with Crippen LogP contribution in [0.1, 0.15) is 108 Å². The van der Waals surface area contributed by atoms with Crippen LogP contribution in [-0.4, -0.2) is 8.80 Å². The maximum absolute atomic E-state index is 2.50. The van der Waals surface area contributed by atoms with E-state index in [0.29, 0.717) is 5.92 Å².